The lowest BCUT2D eigenvalue weighted by Crippen LogP contribution is -2.43. The number of carbonyl (C=O) groups is 2. The smallest absolute Gasteiger partial charge is 0.237 e. The fraction of sp³-hybridized carbons (Fsp3) is 0.800. The lowest BCUT2D eigenvalue weighted by Gasteiger charge is -2.26. The minimum Gasteiger partial charge on any atom is -0.355 e. The van der Waals surface area contributed by atoms with Crippen LogP contribution in [0.5, 0.6) is 0 Å². The average Bonchev–Trinajstić information content (AvgIpc) is 2.33. The van der Waals surface area contributed by atoms with Crippen molar-refractivity contribution < 1.29 is 9.59 Å². The van der Waals surface area contributed by atoms with Gasteiger partial charge in [0.05, 0.1) is 6.04 Å². The number of amides is 1. The molecule has 14 heavy (non-hydrogen) atoms. The molecule has 0 radical (unpaired) electrons. The van der Waals surface area contributed by atoms with Crippen molar-refractivity contribution in [3.8, 4) is 0 Å². The number of nitrogens with zero attached hydrogens (tertiary/aromatic N) is 1. The summed E-state index contributed by atoms with van der Waals surface area (Å²) in [5.74, 6) is 0.0731. The summed E-state index contributed by atoms with van der Waals surface area (Å²) in [6.45, 7) is 6.08. The molecular formula is C10H18N2O2. The van der Waals surface area contributed by atoms with Gasteiger partial charge in [0.25, 0.3) is 0 Å². The molecule has 1 amide bonds. The number of hydrogen-bond donors (Lipinski definition) is 1. The summed E-state index contributed by atoms with van der Waals surface area (Å²) in [4.78, 5) is 24.0. The monoisotopic (exact) mass is 198 g/mol. The van der Waals surface area contributed by atoms with Crippen molar-refractivity contribution in [1.82, 2.24) is 10.2 Å². The van der Waals surface area contributed by atoms with Crippen molar-refractivity contribution in [1.29, 1.82) is 0 Å². The molecular weight excluding hydrogens is 180 g/mol. The highest BCUT2D eigenvalue weighted by molar-refractivity contribution is 5.81. The third kappa shape index (κ3) is 2.80. The van der Waals surface area contributed by atoms with Gasteiger partial charge in [-0.15, -0.1) is 0 Å². The van der Waals surface area contributed by atoms with Gasteiger partial charge in [0.2, 0.25) is 5.91 Å². The van der Waals surface area contributed by atoms with Gasteiger partial charge in [0.1, 0.15) is 6.29 Å². The SMILES string of the molecule is CC(C=O)CN1CCCNC(=O)C1C. The first-order valence-electron chi connectivity index (χ1n) is 5.12. The maximum absolute atomic E-state index is 11.5. The Hall–Kier alpha value is -0.900. The second-order valence-electron chi connectivity index (χ2n) is 3.93. The maximum atomic E-state index is 11.5. The molecule has 0 saturated carbocycles. The Morgan fingerprint density at radius 1 is 1.71 bits per heavy atom. The van der Waals surface area contributed by atoms with Crippen LogP contribution in [0.2, 0.25) is 0 Å². The van der Waals surface area contributed by atoms with Gasteiger partial charge in [-0.3, -0.25) is 9.69 Å². The van der Waals surface area contributed by atoms with E-state index in [2.05, 4.69) is 10.2 Å². The number of carbonyl (C=O) groups excluding carboxylic acids is 2. The van der Waals surface area contributed by atoms with Gasteiger partial charge in [-0.05, 0) is 13.3 Å². The first-order chi connectivity index (χ1) is 6.65. The van der Waals surface area contributed by atoms with Gasteiger partial charge in [0, 0.05) is 25.6 Å². The molecule has 1 N–H and O–H groups in total. The second-order valence-corrected chi connectivity index (χ2v) is 3.93. The molecule has 1 aliphatic heterocycles. The van der Waals surface area contributed by atoms with Crippen molar-refractivity contribution in [3.63, 3.8) is 0 Å². The molecule has 1 saturated heterocycles. The predicted molar refractivity (Wildman–Crippen MR) is 53.9 cm³/mol. The zero-order valence-corrected chi connectivity index (χ0v) is 8.82. The van der Waals surface area contributed by atoms with Crippen molar-refractivity contribution in [2.24, 2.45) is 5.92 Å². The van der Waals surface area contributed by atoms with E-state index in [4.69, 9.17) is 0 Å². The van der Waals surface area contributed by atoms with Crippen LogP contribution in [0.15, 0.2) is 0 Å². The Morgan fingerprint density at radius 3 is 3.07 bits per heavy atom. The minimum absolute atomic E-state index is 0.00310. The summed E-state index contributed by atoms with van der Waals surface area (Å²) in [5.41, 5.74) is 0. The van der Waals surface area contributed by atoms with Gasteiger partial charge < -0.3 is 10.1 Å². The van der Waals surface area contributed by atoms with Crippen molar-refractivity contribution in [3.05, 3.63) is 0 Å². The third-order valence-corrected chi connectivity index (χ3v) is 2.60. The number of aldehydes is 1. The molecule has 0 aromatic heterocycles. The Kier molecular flexibility index (Phi) is 4.07. The molecule has 0 bridgehead atoms. The molecule has 1 heterocycles. The van der Waals surface area contributed by atoms with Crippen molar-refractivity contribution in [2.75, 3.05) is 19.6 Å². The Labute approximate surface area is 84.7 Å². The molecule has 1 aliphatic rings. The topological polar surface area (TPSA) is 49.4 Å². The second kappa shape index (κ2) is 5.10. The van der Waals surface area contributed by atoms with E-state index < -0.39 is 0 Å². The molecule has 0 aliphatic carbocycles. The Balaban J connectivity index is 2.55. The van der Waals surface area contributed by atoms with Crippen LogP contribution in [0.4, 0.5) is 0 Å². The quantitative estimate of drug-likeness (QED) is 0.651. The summed E-state index contributed by atoms with van der Waals surface area (Å²) in [6, 6.07) is -0.111. The van der Waals surface area contributed by atoms with Crippen LogP contribution >= 0.6 is 0 Å². The van der Waals surface area contributed by atoms with Gasteiger partial charge >= 0.3 is 0 Å². The molecule has 4 heteroatoms. The largest absolute Gasteiger partial charge is 0.355 e. The lowest BCUT2D eigenvalue weighted by molar-refractivity contribution is -0.125. The van der Waals surface area contributed by atoms with E-state index in [1.54, 1.807) is 0 Å². The first-order valence-corrected chi connectivity index (χ1v) is 5.12. The van der Waals surface area contributed by atoms with Crippen LogP contribution in [-0.2, 0) is 9.59 Å². The van der Waals surface area contributed by atoms with Gasteiger partial charge in [-0.25, -0.2) is 0 Å². The summed E-state index contributed by atoms with van der Waals surface area (Å²) < 4.78 is 0. The summed E-state index contributed by atoms with van der Waals surface area (Å²) in [5, 5.41) is 2.85. The van der Waals surface area contributed by atoms with Gasteiger partial charge in [-0.2, -0.15) is 0 Å². The molecule has 1 fully saturated rings. The third-order valence-electron chi connectivity index (χ3n) is 2.60. The number of rotatable bonds is 3. The molecule has 2 atom stereocenters. The van der Waals surface area contributed by atoms with E-state index in [1.807, 2.05) is 13.8 Å². The molecule has 1 rings (SSSR count). The van der Waals surface area contributed by atoms with Crippen LogP contribution in [0, 0.1) is 5.92 Å². The fourth-order valence-corrected chi connectivity index (χ4v) is 1.66. The molecule has 2 unspecified atom stereocenters. The summed E-state index contributed by atoms with van der Waals surface area (Å²) in [7, 11) is 0. The highest BCUT2D eigenvalue weighted by atomic mass is 16.2. The van der Waals surface area contributed by atoms with Crippen LogP contribution in [-0.4, -0.2) is 42.8 Å². The standard InChI is InChI=1S/C10H18N2O2/c1-8(7-13)6-12-5-3-4-11-10(14)9(12)2/h7-9H,3-6H2,1-2H3,(H,11,14). The van der Waals surface area contributed by atoms with E-state index in [9.17, 15) is 9.59 Å². The summed E-state index contributed by atoms with van der Waals surface area (Å²) in [6.07, 6.45) is 1.90. The summed E-state index contributed by atoms with van der Waals surface area (Å²) >= 11 is 0. The minimum atomic E-state index is -0.111. The number of hydrogen-bond acceptors (Lipinski definition) is 3. The van der Waals surface area contributed by atoms with Crippen LogP contribution in [0.3, 0.4) is 0 Å². The van der Waals surface area contributed by atoms with Crippen LogP contribution < -0.4 is 5.32 Å². The van der Waals surface area contributed by atoms with E-state index in [0.717, 1.165) is 25.8 Å². The highest BCUT2D eigenvalue weighted by Crippen LogP contribution is 2.07. The molecule has 80 valence electrons. The van der Waals surface area contributed by atoms with Crippen molar-refractivity contribution >= 4 is 12.2 Å². The molecule has 4 nitrogen and oxygen atoms in total. The van der Waals surface area contributed by atoms with Crippen molar-refractivity contribution in [2.45, 2.75) is 26.3 Å². The van der Waals surface area contributed by atoms with E-state index >= 15 is 0 Å². The fourth-order valence-electron chi connectivity index (χ4n) is 1.66. The van der Waals surface area contributed by atoms with E-state index in [-0.39, 0.29) is 17.9 Å². The zero-order chi connectivity index (χ0) is 10.6. The molecule has 0 aromatic carbocycles. The van der Waals surface area contributed by atoms with E-state index in [1.165, 1.54) is 0 Å². The van der Waals surface area contributed by atoms with Gasteiger partial charge in [0.15, 0.2) is 0 Å². The van der Waals surface area contributed by atoms with E-state index in [0.29, 0.717) is 6.54 Å². The lowest BCUT2D eigenvalue weighted by atomic mass is 10.1. The Bertz CT molecular complexity index is 218. The zero-order valence-electron chi connectivity index (χ0n) is 8.82. The first kappa shape index (κ1) is 11.2. The predicted octanol–water partition coefficient (Wildman–Crippen LogP) is 0.0318. The molecule has 0 spiro atoms. The maximum Gasteiger partial charge on any atom is 0.237 e. The van der Waals surface area contributed by atoms with Gasteiger partial charge in [-0.1, -0.05) is 6.92 Å². The Morgan fingerprint density at radius 2 is 2.43 bits per heavy atom. The molecule has 0 aromatic rings. The van der Waals surface area contributed by atoms with Crippen LogP contribution in [0.1, 0.15) is 20.3 Å². The highest BCUT2D eigenvalue weighted by Gasteiger charge is 2.24. The van der Waals surface area contributed by atoms with Crippen LogP contribution in [0.25, 0.3) is 0 Å². The average molecular weight is 198 g/mol. The number of nitrogens with one attached hydrogen (secondary N) is 1. The normalized spacial score (nSPS) is 26.4.